The number of ether oxygens (including phenoxy) is 1. The molecule has 1 aliphatic heterocycles. The Hall–Kier alpha value is -1.31. The summed E-state index contributed by atoms with van der Waals surface area (Å²) in [6.07, 6.45) is 8.42. The number of carbonyl (C=O) groups excluding carboxylic acids is 1. The number of hydrogen-bond acceptors (Lipinski definition) is 2. The molecule has 0 saturated carbocycles. The van der Waals surface area contributed by atoms with Gasteiger partial charge < -0.3 is 4.74 Å². The Morgan fingerprint density at radius 3 is 3.00 bits per heavy atom. The van der Waals surface area contributed by atoms with Gasteiger partial charge in [0, 0.05) is 18.4 Å². The highest BCUT2D eigenvalue weighted by atomic mass is 16.5. The van der Waals surface area contributed by atoms with Crippen LogP contribution in [0, 0.1) is 0 Å². The van der Waals surface area contributed by atoms with E-state index in [0.717, 1.165) is 17.8 Å². The fourth-order valence-corrected chi connectivity index (χ4v) is 1.25. The lowest BCUT2D eigenvalue weighted by molar-refractivity contribution is -0.115. The van der Waals surface area contributed by atoms with E-state index in [4.69, 9.17) is 4.74 Å². The summed E-state index contributed by atoms with van der Waals surface area (Å²) >= 11 is 0. The third kappa shape index (κ3) is 1.00. The zero-order chi connectivity index (χ0) is 7.68. The predicted octanol–water partition coefficient (Wildman–Crippen LogP) is 1.70. The second-order valence-corrected chi connectivity index (χ2v) is 2.57. The summed E-state index contributed by atoms with van der Waals surface area (Å²) < 4.78 is 5.14. The van der Waals surface area contributed by atoms with Crippen molar-refractivity contribution in [3.8, 4) is 0 Å². The highest BCUT2D eigenvalue weighted by Gasteiger charge is 2.18. The first-order valence-electron chi connectivity index (χ1n) is 3.62. The van der Waals surface area contributed by atoms with E-state index >= 15 is 0 Å². The van der Waals surface area contributed by atoms with Gasteiger partial charge in [-0.25, -0.2) is 0 Å². The maximum atomic E-state index is 11.2. The van der Waals surface area contributed by atoms with Crippen LogP contribution in [0.15, 0.2) is 35.8 Å². The monoisotopic (exact) mass is 148 g/mol. The molecular weight excluding hydrogens is 140 g/mol. The molecule has 1 heterocycles. The standard InChI is InChI=1S/C9H8O2/c10-8-4-1-5-9-7(8)3-2-6-11-9/h1-2,5-6H,3-4H2. The van der Waals surface area contributed by atoms with Crippen LogP contribution in [0.3, 0.4) is 0 Å². The maximum Gasteiger partial charge on any atom is 0.166 e. The molecule has 1 aliphatic carbocycles. The number of hydrogen-bond donors (Lipinski definition) is 0. The molecule has 2 heteroatoms. The van der Waals surface area contributed by atoms with Crippen LogP contribution in [0.25, 0.3) is 0 Å². The van der Waals surface area contributed by atoms with Gasteiger partial charge in [0.1, 0.15) is 5.76 Å². The molecule has 0 fully saturated rings. The number of allylic oxidation sites excluding steroid dienone is 4. The lowest BCUT2D eigenvalue weighted by Gasteiger charge is -2.15. The molecule has 0 spiro atoms. The van der Waals surface area contributed by atoms with Gasteiger partial charge in [0.05, 0.1) is 6.26 Å². The molecule has 0 aromatic heterocycles. The summed E-state index contributed by atoms with van der Waals surface area (Å²) in [5, 5.41) is 0. The molecule has 0 aromatic rings. The average molecular weight is 148 g/mol. The van der Waals surface area contributed by atoms with E-state index in [0.29, 0.717) is 6.42 Å². The Morgan fingerprint density at radius 2 is 2.18 bits per heavy atom. The van der Waals surface area contributed by atoms with E-state index in [1.54, 1.807) is 6.26 Å². The van der Waals surface area contributed by atoms with E-state index in [1.807, 2.05) is 18.2 Å². The molecule has 2 aliphatic rings. The summed E-state index contributed by atoms with van der Waals surface area (Å²) in [5.41, 5.74) is 0.815. The highest BCUT2D eigenvalue weighted by Crippen LogP contribution is 2.23. The van der Waals surface area contributed by atoms with Crippen LogP contribution in [-0.2, 0) is 9.53 Å². The summed E-state index contributed by atoms with van der Waals surface area (Å²) in [6, 6.07) is 0. The minimum Gasteiger partial charge on any atom is -0.465 e. The molecule has 0 radical (unpaired) electrons. The van der Waals surface area contributed by atoms with Crippen LogP contribution < -0.4 is 0 Å². The van der Waals surface area contributed by atoms with Gasteiger partial charge in [-0.2, -0.15) is 0 Å². The van der Waals surface area contributed by atoms with Crippen LogP contribution in [0.2, 0.25) is 0 Å². The first kappa shape index (κ1) is 6.40. The molecule has 0 atom stereocenters. The number of ketones is 1. The van der Waals surface area contributed by atoms with E-state index in [2.05, 4.69) is 0 Å². The Morgan fingerprint density at radius 1 is 1.27 bits per heavy atom. The van der Waals surface area contributed by atoms with Crippen LogP contribution in [0.5, 0.6) is 0 Å². The summed E-state index contributed by atoms with van der Waals surface area (Å²) in [4.78, 5) is 11.2. The first-order valence-corrected chi connectivity index (χ1v) is 3.62. The van der Waals surface area contributed by atoms with Gasteiger partial charge >= 0.3 is 0 Å². The minimum absolute atomic E-state index is 0.187. The van der Waals surface area contributed by atoms with Gasteiger partial charge in [0.25, 0.3) is 0 Å². The minimum atomic E-state index is 0.187. The van der Waals surface area contributed by atoms with Crippen LogP contribution in [-0.4, -0.2) is 5.78 Å². The molecular formula is C9H8O2. The van der Waals surface area contributed by atoms with Crippen molar-refractivity contribution in [2.45, 2.75) is 12.8 Å². The third-order valence-electron chi connectivity index (χ3n) is 1.82. The summed E-state index contributed by atoms with van der Waals surface area (Å²) in [7, 11) is 0. The third-order valence-corrected chi connectivity index (χ3v) is 1.82. The molecule has 11 heavy (non-hydrogen) atoms. The van der Waals surface area contributed by atoms with Gasteiger partial charge in [0.2, 0.25) is 0 Å². The van der Waals surface area contributed by atoms with Gasteiger partial charge in [-0.1, -0.05) is 6.08 Å². The SMILES string of the molecule is O=C1CC=CC2=C1CC=CO2. The highest BCUT2D eigenvalue weighted by molar-refractivity contribution is 5.98. The smallest absolute Gasteiger partial charge is 0.166 e. The van der Waals surface area contributed by atoms with Crippen LogP contribution in [0.4, 0.5) is 0 Å². The maximum absolute atomic E-state index is 11.2. The molecule has 2 rings (SSSR count). The number of Topliss-reactive ketones (excluding diaryl/α,β-unsaturated/α-hetero) is 1. The van der Waals surface area contributed by atoms with Crippen molar-refractivity contribution in [2.24, 2.45) is 0 Å². The molecule has 0 amide bonds. The molecule has 2 nitrogen and oxygen atoms in total. The predicted molar refractivity (Wildman–Crippen MR) is 40.6 cm³/mol. The molecule has 0 bridgehead atoms. The topological polar surface area (TPSA) is 26.3 Å². The molecule has 56 valence electrons. The zero-order valence-corrected chi connectivity index (χ0v) is 6.04. The van der Waals surface area contributed by atoms with Crippen molar-refractivity contribution < 1.29 is 9.53 Å². The van der Waals surface area contributed by atoms with Crippen molar-refractivity contribution in [3.63, 3.8) is 0 Å². The van der Waals surface area contributed by atoms with Crippen molar-refractivity contribution in [1.82, 2.24) is 0 Å². The Kier molecular flexibility index (Phi) is 1.39. The number of rotatable bonds is 0. The number of carbonyl (C=O) groups is 1. The van der Waals surface area contributed by atoms with Gasteiger partial charge in [-0.3, -0.25) is 4.79 Å². The van der Waals surface area contributed by atoms with Crippen molar-refractivity contribution in [2.75, 3.05) is 0 Å². The van der Waals surface area contributed by atoms with E-state index in [-0.39, 0.29) is 5.78 Å². The Bertz CT molecular complexity index is 282. The second kappa shape index (κ2) is 2.38. The average Bonchev–Trinajstić information content (AvgIpc) is 2.06. The first-order chi connectivity index (χ1) is 5.38. The van der Waals surface area contributed by atoms with Gasteiger partial charge in [-0.15, -0.1) is 0 Å². The summed E-state index contributed by atoms with van der Waals surface area (Å²) in [5.74, 6) is 0.913. The van der Waals surface area contributed by atoms with E-state index in [1.165, 1.54) is 0 Å². The second-order valence-electron chi connectivity index (χ2n) is 2.57. The van der Waals surface area contributed by atoms with Gasteiger partial charge in [0.15, 0.2) is 5.78 Å². The van der Waals surface area contributed by atoms with Crippen molar-refractivity contribution in [1.29, 1.82) is 0 Å². The fourth-order valence-electron chi connectivity index (χ4n) is 1.25. The lowest BCUT2D eigenvalue weighted by Crippen LogP contribution is -2.10. The zero-order valence-electron chi connectivity index (χ0n) is 6.04. The summed E-state index contributed by atoms with van der Waals surface area (Å²) in [6.45, 7) is 0. The molecule has 0 saturated heterocycles. The molecule has 0 N–H and O–H groups in total. The van der Waals surface area contributed by atoms with Crippen molar-refractivity contribution in [3.05, 3.63) is 35.8 Å². The fraction of sp³-hybridized carbons (Fsp3) is 0.222. The van der Waals surface area contributed by atoms with Gasteiger partial charge in [-0.05, 0) is 12.2 Å². The normalized spacial score (nSPS) is 21.6. The largest absolute Gasteiger partial charge is 0.465 e. The van der Waals surface area contributed by atoms with E-state index in [9.17, 15) is 4.79 Å². The Balaban J connectivity index is 2.37. The van der Waals surface area contributed by atoms with E-state index < -0.39 is 0 Å². The van der Waals surface area contributed by atoms with Crippen molar-refractivity contribution >= 4 is 5.78 Å². The van der Waals surface area contributed by atoms with Crippen LogP contribution in [0.1, 0.15) is 12.8 Å². The molecule has 0 aromatic carbocycles. The lowest BCUT2D eigenvalue weighted by atomic mass is 9.98. The Labute approximate surface area is 64.9 Å². The molecule has 0 unspecified atom stereocenters. The quantitative estimate of drug-likeness (QED) is 0.522. The van der Waals surface area contributed by atoms with Crippen LogP contribution >= 0.6 is 0 Å².